The van der Waals surface area contributed by atoms with Gasteiger partial charge >= 0.3 is 0 Å². The molecule has 1 amide bonds. The molecule has 0 fully saturated rings. The molecule has 0 aromatic carbocycles. The lowest BCUT2D eigenvalue weighted by atomic mass is 9.87. The number of anilines is 1. The molecular weight excluding hydrogens is 266 g/mol. The highest BCUT2D eigenvalue weighted by atomic mass is 16.1. The van der Waals surface area contributed by atoms with Crippen molar-refractivity contribution in [2.24, 2.45) is 11.1 Å². The number of hydrogen-bond donors (Lipinski definition) is 2. The summed E-state index contributed by atoms with van der Waals surface area (Å²) in [5.41, 5.74) is 6.68. The zero-order chi connectivity index (χ0) is 16.0. The number of nitrogens with one attached hydrogen (secondary N) is 1. The Morgan fingerprint density at radius 1 is 1.38 bits per heavy atom. The largest absolute Gasteiger partial charge is 0.327 e. The summed E-state index contributed by atoms with van der Waals surface area (Å²) in [6, 6.07) is 2.94. The van der Waals surface area contributed by atoms with E-state index in [2.05, 4.69) is 26.1 Å². The molecule has 1 rings (SSSR count). The molecule has 0 aliphatic carbocycles. The van der Waals surface area contributed by atoms with Gasteiger partial charge in [-0.05, 0) is 24.3 Å². The third kappa shape index (κ3) is 6.58. The van der Waals surface area contributed by atoms with Gasteiger partial charge in [0.2, 0.25) is 5.91 Å². The molecule has 1 aromatic heterocycles. The van der Waals surface area contributed by atoms with Crippen LogP contribution in [0.1, 0.15) is 47.0 Å². The second-order valence-electron chi connectivity index (χ2n) is 6.73. The number of nitrogens with zero attached hydrogens (tertiary/aromatic N) is 1. The first-order chi connectivity index (χ1) is 9.71. The normalized spacial score (nSPS) is 13.0. The van der Waals surface area contributed by atoms with Crippen molar-refractivity contribution in [3.63, 3.8) is 0 Å². The lowest BCUT2D eigenvalue weighted by Crippen LogP contribution is -2.31. The third-order valence-corrected chi connectivity index (χ3v) is 3.05. The molecule has 1 heterocycles. The van der Waals surface area contributed by atoms with E-state index in [-0.39, 0.29) is 29.3 Å². The highest BCUT2D eigenvalue weighted by Crippen LogP contribution is 2.21. The average Bonchev–Trinajstić information content (AvgIpc) is 2.31. The van der Waals surface area contributed by atoms with Crippen LogP contribution in [0.2, 0.25) is 0 Å². The molecule has 21 heavy (non-hydrogen) atoms. The zero-order valence-corrected chi connectivity index (χ0v) is 13.5. The summed E-state index contributed by atoms with van der Waals surface area (Å²) in [7, 11) is 0. The van der Waals surface area contributed by atoms with E-state index >= 15 is 0 Å². The van der Waals surface area contributed by atoms with Crippen LogP contribution in [0.15, 0.2) is 23.1 Å². The lowest BCUT2D eigenvalue weighted by Gasteiger charge is -2.22. The Kier molecular flexibility index (Phi) is 6.15. The minimum atomic E-state index is -0.161. The van der Waals surface area contributed by atoms with Crippen molar-refractivity contribution in [3.05, 3.63) is 28.7 Å². The number of hydrogen-bond acceptors (Lipinski definition) is 3. The molecule has 118 valence electrons. The highest BCUT2D eigenvalue weighted by Gasteiger charge is 2.18. The molecule has 0 aliphatic rings. The lowest BCUT2D eigenvalue weighted by molar-refractivity contribution is -0.116. The monoisotopic (exact) mass is 293 g/mol. The van der Waals surface area contributed by atoms with E-state index in [1.807, 2.05) is 6.92 Å². The Morgan fingerprint density at radius 3 is 2.62 bits per heavy atom. The first-order valence-electron chi connectivity index (χ1n) is 7.47. The Labute approximate surface area is 126 Å². The van der Waals surface area contributed by atoms with Crippen LogP contribution in [-0.2, 0) is 11.3 Å². The van der Waals surface area contributed by atoms with Gasteiger partial charge in [0.15, 0.2) is 0 Å². The summed E-state index contributed by atoms with van der Waals surface area (Å²) in [5.74, 6) is -0.117. The van der Waals surface area contributed by atoms with Crippen molar-refractivity contribution in [2.75, 3.05) is 5.32 Å². The van der Waals surface area contributed by atoms with Gasteiger partial charge in [0, 0.05) is 31.3 Å². The van der Waals surface area contributed by atoms with Crippen LogP contribution >= 0.6 is 0 Å². The van der Waals surface area contributed by atoms with E-state index < -0.39 is 0 Å². The van der Waals surface area contributed by atoms with Crippen LogP contribution < -0.4 is 16.6 Å². The third-order valence-electron chi connectivity index (χ3n) is 3.05. The van der Waals surface area contributed by atoms with E-state index in [9.17, 15) is 9.59 Å². The van der Waals surface area contributed by atoms with Crippen molar-refractivity contribution in [2.45, 2.75) is 59.5 Å². The second-order valence-corrected chi connectivity index (χ2v) is 6.73. The van der Waals surface area contributed by atoms with Crippen molar-refractivity contribution < 1.29 is 4.79 Å². The standard InChI is InChI=1S/C16H27N3O2/c1-5-8-19-11-13(6-7-15(19)21)18-14(20)9-12(17)10-16(2,3)4/h6-7,11-12H,5,8-10,17H2,1-4H3,(H,18,20). The van der Waals surface area contributed by atoms with E-state index in [0.29, 0.717) is 12.2 Å². The molecule has 0 spiro atoms. The number of carbonyl (C=O) groups is 1. The van der Waals surface area contributed by atoms with Gasteiger partial charge in [0.1, 0.15) is 0 Å². The van der Waals surface area contributed by atoms with E-state index in [1.54, 1.807) is 16.8 Å². The van der Waals surface area contributed by atoms with Crippen LogP contribution in [0.25, 0.3) is 0 Å². The fourth-order valence-electron chi connectivity index (χ4n) is 2.33. The number of pyridine rings is 1. The predicted octanol–water partition coefficient (Wildman–Crippen LogP) is 2.35. The molecule has 0 aliphatic heterocycles. The van der Waals surface area contributed by atoms with Gasteiger partial charge in [-0.25, -0.2) is 0 Å². The van der Waals surface area contributed by atoms with Crippen molar-refractivity contribution >= 4 is 11.6 Å². The number of carbonyl (C=O) groups excluding carboxylic acids is 1. The van der Waals surface area contributed by atoms with E-state index in [0.717, 1.165) is 12.8 Å². The first kappa shape index (κ1) is 17.4. The van der Waals surface area contributed by atoms with Gasteiger partial charge in [-0.15, -0.1) is 0 Å². The van der Waals surface area contributed by atoms with Crippen LogP contribution in [0.3, 0.4) is 0 Å². The quantitative estimate of drug-likeness (QED) is 0.845. The molecule has 1 atom stereocenters. The molecule has 0 radical (unpaired) electrons. The van der Waals surface area contributed by atoms with Crippen LogP contribution in [0.4, 0.5) is 5.69 Å². The molecule has 5 nitrogen and oxygen atoms in total. The molecule has 1 unspecified atom stereocenters. The molecule has 0 saturated carbocycles. The van der Waals surface area contributed by atoms with Gasteiger partial charge in [0.25, 0.3) is 5.56 Å². The van der Waals surface area contributed by atoms with Gasteiger partial charge in [-0.2, -0.15) is 0 Å². The second kappa shape index (κ2) is 7.41. The maximum atomic E-state index is 12.0. The maximum Gasteiger partial charge on any atom is 0.250 e. The fraction of sp³-hybridized carbons (Fsp3) is 0.625. The van der Waals surface area contributed by atoms with Crippen LogP contribution in [-0.4, -0.2) is 16.5 Å². The van der Waals surface area contributed by atoms with Crippen molar-refractivity contribution in [1.82, 2.24) is 4.57 Å². The summed E-state index contributed by atoms with van der Waals surface area (Å²) < 4.78 is 1.60. The van der Waals surface area contributed by atoms with Gasteiger partial charge in [-0.1, -0.05) is 27.7 Å². The summed E-state index contributed by atoms with van der Waals surface area (Å²) >= 11 is 0. The number of nitrogens with two attached hydrogens (primary N) is 1. The van der Waals surface area contributed by atoms with Gasteiger partial charge < -0.3 is 15.6 Å². The Bertz CT molecular complexity index is 529. The van der Waals surface area contributed by atoms with Crippen LogP contribution in [0, 0.1) is 5.41 Å². The Hall–Kier alpha value is -1.62. The Morgan fingerprint density at radius 2 is 2.05 bits per heavy atom. The summed E-state index contributed by atoms with van der Waals surface area (Å²) in [6.45, 7) is 8.96. The molecule has 3 N–H and O–H groups in total. The topological polar surface area (TPSA) is 77.1 Å². The molecule has 5 heteroatoms. The van der Waals surface area contributed by atoms with Crippen molar-refractivity contribution in [3.8, 4) is 0 Å². The Balaban J connectivity index is 2.63. The summed E-state index contributed by atoms with van der Waals surface area (Å²) in [6.07, 6.45) is 3.62. The van der Waals surface area contributed by atoms with Gasteiger partial charge in [0.05, 0.1) is 5.69 Å². The minimum absolute atomic E-state index is 0.0562. The average molecular weight is 293 g/mol. The predicted molar refractivity (Wildman–Crippen MR) is 86.3 cm³/mol. The van der Waals surface area contributed by atoms with E-state index in [1.165, 1.54) is 6.07 Å². The van der Waals surface area contributed by atoms with E-state index in [4.69, 9.17) is 5.73 Å². The smallest absolute Gasteiger partial charge is 0.250 e. The number of rotatable bonds is 6. The molecular formula is C16H27N3O2. The number of aryl methyl sites for hydroxylation is 1. The number of aromatic nitrogens is 1. The number of amides is 1. The minimum Gasteiger partial charge on any atom is -0.327 e. The summed E-state index contributed by atoms with van der Waals surface area (Å²) in [4.78, 5) is 23.6. The van der Waals surface area contributed by atoms with Gasteiger partial charge in [-0.3, -0.25) is 9.59 Å². The fourth-order valence-corrected chi connectivity index (χ4v) is 2.33. The molecule has 0 saturated heterocycles. The van der Waals surface area contributed by atoms with Crippen molar-refractivity contribution in [1.29, 1.82) is 0 Å². The molecule has 0 bridgehead atoms. The first-order valence-corrected chi connectivity index (χ1v) is 7.47. The zero-order valence-electron chi connectivity index (χ0n) is 13.5. The molecule has 1 aromatic rings. The highest BCUT2D eigenvalue weighted by molar-refractivity contribution is 5.90. The SMILES string of the molecule is CCCn1cc(NC(=O)CC(N)CC(C)(C)C)ccc1=O. The van der Waals surface area contributed by atoms with Crippen LogP contribution in [0.5, 0.6) is 0 Å². The maximum absolute atomic E-state index is 12.0. The summed E-state index contributed by atoms with van der Waals surface area (Å²) in [5, 5.41) is 2.81.